The maximum absolute atomic E-state index is 13.9. The van der Waals surface area contributed by atoms with Crippen molar-refractivity contribution in [2.75, 3.05) is 13.8 Å². The fourth-order valence-electron chi connectivity index (χ4n) is 3.19. The van der Waals surface area contributed by atoms with Crippen molar-refractivity contribution in [2.45, 2.75) is 12.6 Å². The van der Waals surface area contributed by atoms with Crippen LogP contribution in [0.3, 0.4) is 0 Å². The van der Waals surface area contributed by atoms with E-state index in [2.05, 4.69) is 36.6 Å². The average Bonchev–Trinajstić information content (AvgIpc) is 2.72. The molecule has 1 unspecified atom stereocenters. The molecule has 0 fully saturated rings. The molecule has 0 saturated heterocycles. The Kier molecular flexibility index (Phi) is 8.00. The fourth-order valence-corrected chi connectivity index (χ4v) is 5.50. The summed E-state index contributed by atoms with van der Waals surface area (Å²) in [7, 11) is -2.06. The van der Waals surface area contributed by atoms with Crippen molar-refractivity contribution in [3.63, 3.8) is 0 Å². The van der Waals surface area contributed by atoms with Gasteiger partial charge in [0.1, 0.15) is 17.3 Å². The molecule has 0 heterocycles. The van der Waals surface area contributed by atoms with E-state index in [1.807, 2.05) is 0 Å². The summed E-state index contributed by atoms with van der Waals surface area (Å²) in [4.78, 5) is 21.4. The largest absolute Gasteiger partial charge is 0.508 e. The molecule has 174 valence electrons. The lowest BCUT2D eigenvalue weighted by Gasteiger charge is -2.14. The van der Waals surface area contributed by atoms with Gasteiger partial charge in [0.2, 0.25) is 7.37 Å². The van der Waals surface area contributed by atoms with Crippen LogP contribution < -0.4 is 4.74 Å². The van der Waals surface area contributed by atoms with Gasteiger partial charge in [-0.25, -0.2) is 9.18 Å². The van der Waals surface area contributed by atoms with Gasteiger partial charge in [-0.3, -0.25) is 4.57 Å². The molecule has 0 aliphatic heterocycles. The molecule has 10 heteroatoms. The molecule has 0 saturated carbocycles. The van der Waals surface area contributed by atoms with Gasteiger partial charge in [0.25, 0.3) is 0 Å². The summed E-state index contributed by atoms with van der Waals surface area (Å²) in [6.45, 7) is 1.30. The van der Waals surface area contributed by atoms with Crippen LogP contribution in [0.5, 0.6) is 17.2 Å². The highest BCUT2D eigenvalue weighted by Gasteiger charge is 2.17. The van der Waals surface area contributed by atoms with Gasteiger partial charge in [-0.05, 0) is 85.5 Å². The van der Waals surface area contributed by atoms with E-state index >= 15 is 0 Å². The minimum atomic E-state index is -3.23. The van der Waals surface area contributed by atoms with Crippen LogP contribution in [0, 0.1) is 5.82 Å². The lowest BCUT2D eigenvalue weighted by atomic mass is 10.0. The second-order valence-electron chi connectivity index (χ2n) is 7.47. The zero-order chi connectivity index (χ0) is 24.3. The predicted molar refractivity (Wildman–Crippen MR) is 130 cm³/mol. The number of carbonyl (C=O) groups is 1. The zero-order valence-electron chi connectivity index (χ0n) is 17.6. The molecule has 3 rings (SSSR count). The molecule has 2 N–H and O–H groups in total. The number of rotatable bonds is 7. The van der Waals surface area contributed by atoms with Crippen LogP contribution in [-0.4, -0.2) is 29.7 Å². The summed E-state index contributed by atoms with van der Waals surface area (Å²) < 4.78 is 37.4. The van der Waals surface area contributed by atoms with E-state index in [1.165, 1.54) is 38.0 Å². The number of carbonyl (C=O) groups excluding carboxylic acids is 1. The zero-order valence-corrected chi connectivity index (χ0v) is 21.7. The van der Waals surface area contributed by atoms with Crippen molar-refractivity contribution >= 4 is 45.2 Å². The van der Waals surface area contributed by atoms with Gasteiger partial charge in [0, 0.05) is 24.8 Å². The van der Waals surface area contributed by atoms with Crippen molar-refractivity contribution in [1.29, 1.82) is 0 Å². The monoisotopic (exact) mass is 600 g/mol. The Hall–Kier alpha value is -2.19. The third-order valence-electron chi connectivity index (χ3n) is 4.64. The summed E-state index contributed by atoms with van der Waals surface area (Å²) in [5, 5.41) is 10.3. The van der Waals surface area contributed by atoms with Crippen LogP contribution in [-0.2, 0) is 21.9 Å². The summed E-state index contributed by atoms with van der Waals surface area (Å²) in [5.41, 5.74) is 1.59. The van der Waals surface area contributed by atoms with Gasteiger partial charge in [-0.15, -0.1) is 0 Å². The van der Waals surface area contributed by atoms with Gasteiger partial charge in [0.05, 0.1) is 21.6 Å². The number of hydrogen-bond acceptors (Lipinski definition) is 5. The third-order valence-corrected chi connectivity index (χ3v) is 6.77. The first-order valence-corrected chi connectivity index (χ1v) is 13.5. The highest BCUT2D eigenvalue weighted by Crippen LogP contribution is 2.44. The number of hydrogen-bond donors (Lipinski definition) is 2. The molecular weight excluding hydrogens is 582 g/mol. The summed E-state index contributed by atoms with van der Waals surface area (Å²) in [6.07, 6.45) is 0.246. The average molecular weight is 602 g/mol. The highest BCUT2D eigenvalue weighted by molar-refractivity contribution is 9.11. The van der Waals surface area contributed by atoms with E-state index in [9.17, 15) is 23.7 Å². The van der Waals surface area contributed by atoms with E-state index in [-0.39, 0.29) is 23.9 Å². The normalized spacial score (nSPS) is 12.8. The maximum Gasteiger partial charge on any atom is 0.340 e. The number of phenols is 1. The molecule has 3 aromatic carbocycles. The molecule has 0 bridgehead atoms. The Morgan fingerprint density at radius 1 is 1.06 bits per heavy atom. The van der Waals surface area contributed by atoms with Gasteiger partial charge >= 0.3 is 5.97 Å². The van der Waals surface area contributed by atoms with E-state index in [0.717, 1.165) is 0 Å². The molecule has 33 heavy (non-hydrogen) atoms. The number of methoxy groups -OCH3 is 1. The Morgan fingerprint density at radius 3 is 2.33 bits per heavy atom. The Balaban J connectivity index is 1.87. The molecule has 6 nitrogen and oxygen atoms in total. The lowest BCUT2D eigenvalue weighted by Crippen LogP contribution is -2.05. The van der Waals surface area contributed by atoms with E-state index in [0.29, 0.717) is 37.1 Å². The molecule has 3 aromatic rings. The molecule has 0 aromatic heterocycles. The van der Waals surface area contributed by atoms with Gasteiger partial charge in [0.15, 0.2) is 5.75 Å². The van der Waals surface area contributed by atoms with Crippen LogP contribution in [0.25, 0.3) is 0 Å². The number of esters is 1. The minimum absolute atomic E-state index is 0.0152. The quantitative estimate of drug-likeness (QED) is 0.233. The minimum Gasteiger partial charge on any atom is -0.508 e. The van der Waals surface area contributed by atoms with Crippen LogP contribution in [0.2, 0.25) is 0 Å². The molecule has 0 aliphatic rings. The first kappa shape index (κ1) is 25.4. The third kappa shape index (κ3) is 6.67. The lowest BCUT2D eigenvalue weighted by molar-refractivity contribution is 0.0595. The van der Waals surface area contributed by atoms with Gasteiger partial charge in [-0.2, -0.15) is 0 Å². The molecule has 1 atom stereocenters. The predicted octanol–water partition coefficient (Wildman–Crippen LogP) is 6.63. The van der Waals surface area contributed by atoms with E-state index in [1.54, 1.807) is 24.3 Å². The number of halogens is 3. The first-order valence-electron chi connectivity index (χ1n) is 9.60. The van der Waals surface area contributed by atoms with Crippen LogP contribution in [0.15, 0.2) is 57.5 Å². The first-order chi connectivity index (χ1) is 15.5. The molecule has 0 radical (unpaired) electrons. The van der Waals surface area contributed by atoms with E-state index in [4.69, 9.17) is 4.74 Å². The number of ether oxygens (including phenoxy) is 2. The Morgan fingerprint density at radius 2 is 1.73 bits per heavy atom. The molecule has 0 amide bonds. The van der Waals surface area contributed by atoms with Crippen LogP contribution in [0.4, 0.5) is 4.39 Å². The smallest absolute Gasteiger partial charge is 0.340 e. The topological polar surface area (TPSA) is 93.1 Å². The van der Waals surface area contributed by atoms with Gasteiger partial charge in [-0.1, -0.05) is 6.07 Å². The Labute approximate surface area is 207 Å². The van der Waals surface area contributed by atoms with Crippen LogP contribution >= 0.6 is 39.2 Å². The SMILES string of the molecule is COC(=O)c1cc(Cc2cc(Oc3c(Br)cc(CP(C)(=O)O)cc3Br)ccc2O)ccc1F. The summed E-state index contributed by atoms with van der Waals surface area (Å²) in [6, 6.07) is 12.2. The molecular formula is C23H20Br2FO6P. The van der Waals surface area contributed by atoms with Crippen LogP contribution in [0.1, 0.15) is 27.0 Å². The second-order valence-corrected chi connectivity index (χ2v) is 11.6. The van der Waals surface area contributed by atoms with E-state index < -0.39 is 19.2 Å². The van der Waals surface area contributed by atoms with Crippen molar-refractivity contribution < 1.29 is 33.2 Å². The second kappa shape index (κ2) is 10.4. The maximum atomic E-state index is 13.9. The van der Waals surface area contributed by atoms with Crippen molar-refractivity contribution in [2.24, 2.45) is 0 Å². The molecule has 0 spiro atoms. The number of phenolic OH excluding ortho intramolecular Hbond substituents is 1. The Bertz CT molecular complexity index is 1230. The standard InChI is InChI=1S/C23H20Br2FO6P/c1-31-23(28)17-8-13(3-5-20(17)26)7-15-11-16(4-6-21(15)27)32-22-18(24)9-14(10-19(22)25)12-33(2,29)30/h3-6,8-11,27H,7,12H2,1-2H3,(H,29,30). The summed E-state index contributed by atoms with van der Waals surface area (Å²) in [5.74, 6) is -0.578. The summed E-state index contributed by atoms with van der Waals surface area (Å²) >= 11 is 6.86. The van der Waals surface area contributed by atoms with Crippen molar-refractivity contribution in [1.82, 2.24) is 0 Å². The highest BCUT2D eigenvalue weighted by atomic mass is 79.9. The number of aromatic hydroxyl groups is 1. The number of benzene rings is 3. The molecule has 0 aliphatic carbocycles. The fraction of sp³-hybridized carbons (Fsp3) is 0.174. The van der Waals surface area contributed by atoms with Crippen molar-refractivity contribution in [3.05, 3.63) is 85.5 Å². The van der Waals surface area contributed by atoms with Gasteiger partial charge < -0.3 is 19.5 Å². The van der Waals surface area contributed by atoms with Crippen molar-refractivity contribution in [3.8, 4) is 17.2 Å².